The van der Waals surface area contributed by atoms with Gasteiger partial charge in [0, 0.05) is 0 Å². The van der Waals surface area contributed by atoms with Crippen LogP contribution >= 0.6 is 0 Å². The first kappa shape index (κ1) is 10.5. The summed E-state index contributed by atoms with van der Waals surface area (Å²) in [5, 5.41) is 4.61. The summed E-state index contributed by atoms with van der Waals surface area (Å²) in [5.74, 6) is -1.69. The molecule has 0 spiro atoms. The molecule has 0 aromatic carbocycles. The molecule has 1 atom stereocenters. The van der Waals surface area contributed by atoms with Crippen LogP contribution in [0.2, 0.25) is 0 Å². The van der Waals surface area contributed by atoms with Crippen molar-refractivity contribution in [3.63, 3.8) is 0 Å². The van der Waals surface area contributed by atoms with E-state index in [4.69, 9.17) is 0 Å². The third-order valence-corrected chi connectivity index (χ3v) is 1.94. The maximum absolute atomic E-state index is 11.4. The van der Waals surface area contributed by atoms with Crippen LogP contribution in [0.25, 0.3) is 0 Å². The summed E-state index contributed by atoms with van der Waals surface area (Å²) in [6.07, 6.45) is 0. The number of rotatable bonds is 2. The lowest BCUT2D eigenvalue weighted by Gasteiger charge is -2.30. The molecule has 1 saturated heterocycles. The molecule has 0 aliphatic carbocycles. The van der Waals surface area contributed by atoms with E-state index in [1.54, 1.807) is 6.92 Å². The Morgan fingerprint density at radius 2 is 2.21 bits per heavy atom. The summed E-state index contributed by atoms with van der Waals surface area (Å²) in [6, 6.07) is 0. The van der Waals surface area contributed by atoms with Crippen molar-refractivity contribution in [1.82, 2.24) is 10.6 Å². The van der Waals surface area contributed by atoms with E-state index in [0.717, 1.165) is 0 Å². The highest BCUT2D eigenvalue weighted by atomic mass is 16.5. The zero-order chi connectivity index (χ0) is 10.8. The molecule has 78 valence electrons. The van der Waals surface area contributed by atoms with Crippen LogP contribution < -0.4 is 10.6 Å². The number of nitrogens with one attached hydrogen (secondary N) is 2. The zero-order valence-electron chi connectivity index (χ0n) is 8.05. The Bertz CT molecular complexity index is 289. The highest BCUT2D eigenvalue weighted by molar-refractivity contribution is 6.12. The van der Waals surface area contributed by atoms with Crippen molar-refractivity contribution in [1.29, 1.82) is 0 Å². The number of hydrogen-bond acceptors (Lipinski definition) is 4. The smallest absolute Gasteiger partial charge is 0.341 e. The van der Waals surface area contributed by atoms with E-state index in [9.17, 15) is 14.4 Å². The average molecular weight is 200 g/mol. The number of piperazine rings is 1. The van der Waals surface area contributed by atoms with Gasteiger partial charge in [-0.05, 0) is 13.8 Å². The first-order chi connectivity index (χ1) is 6.50. The SMILES string of the molecule is CCOC(=O)C1(C)NC(=O)CNC1=O. The Kier molecular flexibility index (Phi) is 2.73. The molecule has 2 amide bonds. The molecule has 0 radical (unpaired) electrons. The number of carbonyl (C=O) groups is 3. The largest absolute Gasteiger partial charge is 0.464 e. The van der Waals surface area contributed by atoms with Crippen molar-refractivity contribution < 1.29 is 19.1 Å². The predicted octanol–water partition coefficient (Wildman–Crippen LogP) is -1.45. The van der Waals surface area contributed by atoms with Crippen molar-refractivity contribution in [2.24, 2.45) is 0 Å². The number of carbonyl (C=O) groups excluding carboxylic acids is 3. The van der Waals surface area contributed by atoms with Crippen molar-refractivity contribution in [3.05, 3.63) is 0 Å². The molecule has 1 unspecified atom stereocenters. The van der Waals surface area contributed by atoms with Gasteiger partial charge in [-0.3, -0.25) is 9.59 Å². The zero-order valence-corrected chi connectivity index (χ0v) is 8.05. The lowest BCUT2D eigenvalue weighted by atomic mass is 9.99. The van der Waals surface area contributed by atoms with Gasteiger partial charge in [0.05, 0.1) is 13.2 Å². The highest BCUT2D eigenvalue weighted by Crippen LogP contribution is 2.09. The number of esters is 1. The molecule has 6 heteroatoms. The van der Waals surface area contributed by atoms with Gasteiger partial charge in [0.2, 0.25) is 11.4 Å². The van der Waals surface area contributed by atoms with Crippen LogP contribution in [-0.4, -0.2) is 36.5 Å². The van der Waals surface area contributed by atoms with E-state index >= 15 is 0 Å². The van der Waals surface area contributed by atoms with Crippen molar-refractivity contribution in [3.8, 4) is 0 Å². The molecule has 0 aromatic heterocycles. The normalized spacial score (nSPS) is 26.4. The molecule has 1 aliphatic heterocycles. The van der Waals surface area contributed by atoms with Gasteiger partial charge in [0.25, 0.3) is 5.91 Å². The third kappa shape index (κ3) is 1.68. The summed E-state index contributed by atoms with van der Waals surface area (Å²) >= 11 is 0. The Balaban J connectivity index is 2.83. The molecule has 1 rings (SSSR count). The van der Waals surface area contributed by atoms with Crippen molar-refractivity contribution in [2.75, 3.05) is 13.2 Å². The van der Waals surface area contributed by atoms with E-state index in [1.807, 2.05) is 0 Å². The third-order valence-electron chi connectivity index (χ3n) is 1.94. The van der Waals surface area contributed by atoms with E-state index in [-0.39, 0.29) is 13.2 Å². The first-order valence-corrected chi connectivity index (χ1v) is 4.27. The lowest BCUT2D eigenvalue weighted by molar-refractivity contribution is -0.159. The Morgan fingerprint density at radius 1 is 1.57 bits per heavy atom. The summed E-state index contributed by atoms with van der Waals surface area (Å²) in [7, 11) is 0. The van der Waals surface area contributed by atoms with Gasteiger partial charge in [-0.2, -0.15) is 0 Å². The second-order valence-corrected chi connectivity index (χ2v) is 3.08. The van der Waals surface area contributed by atoms with Gasteiger partial charge in [-0.25, -0.2) is 4.79 Å². The van der Waals surface area contributed by atoms with Gasteiger partial charge >= 0.3 is 5.97 Å². The fourth-order valence-electron chi connectivity index (χ4n) is 1.14. The van der Waals surface area contributed by atoms with Crippen LogP contribution in [-0.2, 0) is 19.1 Å². The molecule has 2 N–H and O–H groups in total. The summed E-state index contributed by atoms with van der Waals surface area (Å²) in [6.45, 7) is 3.01. The van der Waals surface area contributed by atoms with E-state index in [2.05, 4.69) is 15.4 Å². The van der Waals surface area contributed by atoms with Crippen LogP contribution in [0.3, 0.4) is 0 Å². The minimum absolute atomic E-state index is 0.103. The van der Waals surface area contributed by atoms with E-state index < -0.39 is 23.3 Å². The summed E-state index contributed by atoms with van der Waals surface area (Å²) in [4.78, 5) is 33.7. The average Bonchev–Trinajstić information content (AvgIpc) is 2.12. The maximum atomic E-state index is 11.4. The minimum Gasteiger partial charge on any atom is -0.464 e. The van der Waals surface area contributed by atoms with Crippen molar-refractivity contribution >= 4 is 17.8 Å². The maximum Gasteiger partial charge on any atom is 0.341 e. The monoisotopic (exact) mass is 200 g/mol. The molecule has 1 fully saturated rings. The Labute approximate surface area is 81.0 Å². The van der Waals surface area contributed by atoms with Crippen LogP contribution in [0.4, 0.5) is 0 Å². The fourth-order valence-corrected chi connectivity index (χ4v) is 1.14. The van der Waals surface area contributed by atoms with Gasteiger partial charge < -0.3 is 15.4 Å². The van der Waals surface area contributed by atoms with Crippen molar-refractivity contribution in [2.45, 2.75) is 19.4 Å². The molecule has 14 heavy (non-hydrogen) atoms. The van der Waals surface area contributed by atoms with Gasteiger partial charge in [-0.15, -0.1) is 0 Å². The Hall–Kier alpha value is -1.59. The quantitative estimate of drug-likeness (QED) is 0.422. The molecule has 0 saturated carbocycles. The summed E-state index contributed by atoms with van der Waals surface area (Å²) in [5.41, 5.74) is -1.59. The highest BCUT2D eigenvalue weighted by Gasteiger charge is 2.46. The predicted molar refractivity (Wildman–Crippen MR) is 46.2 cm³/mol. The van der Waals surface area contributed by atoms with Gasteiger partial charge in [0.1, 0.15) is 0 Å². The first-order valence-electron chi connectivity index (χ1n) is 4.27. The number of amides is 2. The molecular weight excluding hydrogens is 188 g/mol. The van der Waals surface area contributed by atoms with Crippen LogP contribution in [0.15, 0.2) is 0 Å². The summed E-state index contributed by atoms with van der Waals surface area (Å²) < 4.78 is 4.69. The lowest BCUT2D eigenvalue weighted by Crippen LogP contribution is -2.68. The second-order valence-electron chi connectivity index (χ2n) is 3.08. The standard InChI is InChI=1S/C8H12N2O4/c1-3-14-7(13)8(2)6(12)9-4-5(11)10-8/h3-4H2,1-2H3,(H,9,12)(H,10,11). The molecule has 0 aromatic rings. The van der Waals surface area contributed by atoms with E-state index in [1.165, 1.54) is 6.92 Å². The topological polar surface area (TPSA) is 84.5 Å². The van der Waals surface area contributed by atoms with Crippen LogP contribution in [0.5, 0.6) is 0 Å². The fraction of sp³-hybridized carbons (Fsp3) is 0.625. The number of ether oxygens (including phenoxy) is 1. The molecule has 0 bridgehead atoms. The second kappa shape index (κ2) is 3.65. The van der Waals surface area contributed by atoms with Gasteiger partial charge in [0.15, 0.2) is 0 Å². The molecular formula is C8H12N2O4. The van der Waals surface area contributed by atoms with Gasteiger partial charge in [-0.1, -0.05) is 0 Å². The molecule has 1 heterocycles. The minimum atomic E-state index is -1.59. The van der Waals surface area contributed by atoms with E-state index in [0.29, 0.717) is 0 Å². The van der Waals surface area contributed by atoms with Crippen LogP contribution in [0.1, 0.15) is 13.8 Å². The Morgan fingerprint density at radius 3 is 2.79 bits per heavy atom. The number of hydrogen-bond donors (Lipinski definition) is 2. The molecule has 1 aliphatic rings. The molecule has 6 nitrogen and oxygen atoms in total. The van der Waals surface area contributed by atoms with Crippen LogP contribution in [0, 0.1) is 0 Å².